The average Bonchev–Trinajstić information content (AvgIpc) is 3.73. The second-order valence-electron chi connectivity index (χ2n) is 18.2. The van der Waals surface area contributed by atoms with Crippen molar-refractivity contribution < 1.29 is 42.9 Å². The van der Waals surface area contributed by atoms with Crippen molar-refractivity contribution in [2.45, 2.75) is 130 Å². The summed E-state index contributed by atoms with van der Waals surface area (Å²) in [6.07, 6.45) is 15.6. The number of nitrogens with one attached hydrogen (secondary N) is 1. The van der Waals surface area contributed by atoms with Crippen LogP contribution in [0.5, 0.6) is 0 Å². The summed E-state index contributed by atoms with van der Waals surface area (Å²) in [4.78, 5) is 59.6. The molecule has 0 bridgehead atoms. The van der Waals surface area contributed by atoms with Gasteiger partial charge >= 0.3 is 24.3 Å². The molecule has 0 aliphatic heterocycles. The first-order valence-electron chi connectivity index (χ1n) is 19.9. The summed E-state index contributed by atoms with van der Waals surface area (Å²) in [5.74, 6) is 1.03. The molecule has 4 aliphatic carbocycles. The van der Waals surface area contributed by atoms with Gasteiger partial charge in [-0.05, 0) is 126 Å². The van der Waals surface area contributed by atoms with Crippen LogP contribution in [0.1, 0.15) is 112 Å². The minimum Gasteiger partial charge on any atom is -0.461 e. The SMILES string of the molecule is CC(C)(C)OC(=O)N[C@@H](Cc1cn(C(=O)OC(C)(C)C)cn1)C(=O)OCCOC(=O)O[C@H]1CC[C@@]2(C)C(=CC[C@@H]3[C@@H]2CC[C@]2(C)C(c4cccnc4)=CC[C@@H]32)C1. The molecule has 13 heteroatoms. The van der Waals surface area contributed by atoms with Crippen LogP contribution in [0.3, 0.4) is 0 Å². The van der Waals surface area contributed by atoms with E-state index in [1.54, 1.807) is 41.5 Å². The molecular weight excluding hydrogens is 716 g/mol. The van der Waals surface area contributed by atoms with E-state index in [0.29, 0.717) is 29.9 Å². The molecule has 7 atom stereocenters. The molecule has 2 aromatic heterocycles. The Bertz CT molecular complexity index is 1840. The van der Waals surface area contributed by atoms with Gasteiger partial charge in [0.1, 0.15) is 42.9 Å². The van der Waals surface area contributed by atoms with E-state index in [-0.39, 0.29) is 36.6 Å². The third-order valence-corrected chi connectivity index (χ3v) is 12.1. The van der Waals surface area contributed by atoms with Crippen LogP contribution in [-0.4, -0.2) is 75.4 Å². The molecule has 2 fully saturated rings. The number of allylic oxidation sites excluding steroid dienone is 3. The second kappa shape index (κ2) is 16.1. The van der Waals surface area contributed by atoms with Gasteiger partial charge in [0.05, 0.1) is 5.69 Å². The number of hydrogen-bond acceptors (Lipinski definition) is 11. The Morgan fingerprint density at radius 3 is 2.38 bits per heavy atom. The van der Waals surface area contributed by atoms with E-state index in [4.69, 9.17) is 23.7 Å². The zero-order chi connectivity index (χ0) is 40.5. The molecule has 4 aliphatic rings. The van der Waals surface area contributed by atoms with Crippen molar-refractivity contribution in [2.24, 2.45) is 28.6 Å². The summed E-state index contributed by atoms with van der Waals surface area (Å²) < 4.78 is 28.3. The first kappa shape index (κ1) is 41.0. The fourth-order valence-corrected chi connectivity index (χ4v) is 9.54. The number of alkyl carbamates (subject to hydrolysis) is 1. The molecule has 304 valence electrons. The molecule has 0 radical (unpaired) electrons. The van der Waals surface area contributed by atoms with Crippen molar-refractivity contribution >= 4 is 29.9 Å². The first-order valence-corrected chi connectivity index (χ1v) is 19.9. The highest BCUT2D eigenvalue weighted by Crippen LogP contribution is 2.66. The largest absolute Gasteiger partial charge is 0.508 e. The normalized spacial score (nSPS) is 27.6. The van der Waals surface area contributed by atoms with Gasteiger partial charge in [0, 0.05) is 31.4 Å². The molecular formula is C43H58N4O9. The van der Waals surface area contributed by atoms with Crippen LogP contribution in [0.2, 0.25) is 0 Å². The van der Waals surface area contributed by atoms with E-state index >= 15 is 0 Å². The summed E-state index contributed by atoms with van der Waals surface area (Å²) >= 11 is 0. The van der Waals surface area contributed by atoms with E-state index in [1.807, 2.05) is 18.5 Å². The number of imidazole rings is 1. The smallest absolute Gasteiger partial charge is 0.461 e. The van der Waals surface area contributed by atoms with Gasteiger partial charge in [-0.3, -0.25) is 4.98 Å². The van der Waals surface area contributed by atoms with Gasteiger partial charge in [-0.15, -0.1) is 0 Å². The van der Waals surface area contributed by atoms with Gasteiger partial charge in [-0.25, -0.2) is 28.7 Å². The predicted octanol–water partition coefficient (Wildman–Crippen LogP) is 8.22. The monoisotopic (exact) mass is 774 g/mol. The number of ether oxygens (including phenoxy) is 5. The first-order chi connectivity index (χ1) is 26.3. The Kier molecular flexibility index (Phi) is 11.7. The standard InChI is InChI=1S/C43H58N4O9/c1-40(2,3)55-37(49)46-35(23-29-25-47(26-45-29)38(50)56-41(4,5)6)36(48)52-20-21-53-39(51)54-30-15-17-42(7)28(22-30)11-12-31-33-14-13-32(27-10-9-19-44-24-27)43(33,8)18-16-34(31)42/h9-11,13,19,24-26,30-31,33-35H,12,14-18,20-23H2,1-8H3,(H,46,49)/t30-,31-,33-,34-,35-,42-,43+/m0/s1. The topological polar surface area (TPSA) is 157 Å². The highest BCUT2D eigenvalue weighted by Gasteiger charge is 2.57. The number of amides is 1. The number of hydrogen-bond donors (Lipinski definition) is 1. The zero-order valence-electron chi connectivity index (χ0n) is 34.1. The summed E-state index contributed by atoms with van der Waals surface area (Å²) in [5, 5.41) is 2.52. The zero-order valence-corrected chi connectivity index (χ0v) is 34.1. The van der Waals surface area contributed by atoms with Crippen LogP contribution in [0, 0.1) is 28.6 Å². The number of nitrogens with zero attached hydrogens (tertiary/aromatic N) is 3. The highest BCUT2D eigenvalue weighted by molar-refractivity contribution is 5.82. The lowest BCUT2D eigenvalue weighted by Gasteiger charge is -2.57. The third kappa shape index (κ3) is 9.29. The molecule has 6 rings (SSSR count). The maximum Gasteiger partial charge on any atom is 0.508 e. The molecule has 0 saturated heterocycles. The molecule has 56 heavy (non-hydrogen) atoms. The molecule has 13 nitrogen and oxygen atoms in total. The minimum atomic E-state index is -1.20. The quantitative estimate of drug-likeness (QED) is 0.113. The van der Waals surface area contributed by atoms with Crippen LogP contribution >= 0.6 is 0 Å². The van der Waals surface area contributed by atoms with Crippen LogP contribution < -0.4 is 5.32 Å². The Morgan fingerprint density at radius 2 is 1.66 bits per heavy atom. The maximum atomic E-state index is 13.2. The van der Waals surface area contributed by atoms with Crippen LogP contribution in [0.25, 0.3) is 5.57 Å². The Hall–Kier alpha value is -4.68. The van der Waals surface area contributed by atoms with Crippen molar-refractivity contribution in [1.29, 1.82) is 0 Å². The van der Waals surface area contributed by atoms with Crippen molar-refractivity contribution in [2.75, 3.05) is 13.2 Å². The molecule has 2 aromatic rings. The van der Waals surface area contributed by atoms with Crippen molar-refractivity contribution in [3.63, 3.8) is 0 Å². The van der Waals surface area contributed by atoms with Crippen molar-refractivity contribution in [1.82, 2.24) is 19.9 Å². The Labute approximate surface area is 329 Å². The van der Waals surface area contributed by atoms with Crippen LogP contribution in [0.4, 0.5) is 14.4 Å². The van der Waals surface area contributed by atoms with E-state index in [2.05, 4.69) is 47.4 Å². The van der Waals surface area contributed by atoms with E-state index in [9.17, 15) is 19.2 Å². The number of carbonyl (C=O) groups is 4. The van der Waals surface area contributed by atoms with E-state index in [0.717, 1.165) is 36.7 Å². The number of fused-ring (bicyclic) bond motifs is 5. The Morgan fingerprint density at radius 1 is 0.929 bits per heavy atom. The Balaban J connectivity index is 0.986. The van der Waals surface area contributed by atoms with Gasteiger partial charge in [0.2, 0.25) is 0 Å². The van der Waals surface area contributed by atoms with Crippen molar-refractivity contribution in [3.05, 3.63) is 66.0 Å². The van der Waals surface area contributed by atoms with Crippen LogP contribution in [0.15, 0.2) is 54.8 Å². The summed E-state index contributed by atoms with van der Waals surface area (Å²) in [6.45, 7) is 14.7. The summed E-state index contributed by atoms with van der Waals surface area (Å²) in [6, 6.07) is 3.02. The lowest BCUT2D eigenvalue weighted by atomic mass is 9.47. The van der Waals surface area contributed by atoms with Gasteiger partial charge in [-0.2, -0.15) is 0 Å². The molecule has 0 aromatic carbocycles. The molecule has 2 heterocycles. The van der Waals surface area contributed by atoms with E-state index in [1.165, 1.54) is 35.7 Å². The number of aromatic nitrogens is 3. The average molecular weight is 775 g/mol. The lowest BCUT2D eigenvalue weighted by Crippen LogP contribution is -2.50. The number of rotatable bonds is 9. The minimum absolute atomic E-state index is 0.0804. The van der Waals surface area contributed by atoms with Gasteiger partial charge in [0.15, 0.2) is 0 Å². The second-order valence-corrected chi connectivity index (χ2v) is 18.2. The summed E-state index contributed by atoms with van der Waals surface area (Å²) in [5.41, 5.74) is 3.14. The van der Waals surface area contributed by atoms with E-state index < -0.39 is 41.6 Å². The van der Waals surface area contributed by atoms with Crippen LogP contribution in [-0.2, 0) is 34.9 Å². The molecule has 2 saturated carbocycles. The third-order valence-electron chi connectivity index (χ3n) is 12.1. The molecule has 0 spiro atoms. The number of carbonyl (C=O) groups excluding carboxylic acids is 4. The number of pyridine rings is 1. The fourth-order valence-electron chi connectivity index (χ4n) is 9.54. The molecule has 1 amide bonds. The van der Waals surface area contributed by atoms with Gasteiger partial charge in [0.25, 0.3) is 0 Å². The fraction of sp³-hybridized carbons (Fsp3) is 0.628. The highest BCUT2D eigenvalue weighted by atomic mass is 16.7. The predicted molar refractivity (Wildman–Crippen MR) is 207 cm³/mol. The summed E-state index contributed by atoms with van der Waals surface area (Å²) in [7, 11) is 0. The van der Waals surface area contributed by atoms with Crippen molar-refractivity contribution in [3.8, 4) is 0 Å². The maximum absolute atomic E-state index is 13.2. The molecule has 1 N–H and O–H groups in total. The van der Waals surface area contributed by atoms with Gasteiger partial charge < -0.3 is 29.0 Å². The molecule has 0 unspecified atom stereocenters. The lowest BCUT2D eigenvalue weighted by molar-refractivity contribution is -0.147. The number of esters is 1. The van der Waals surface area contributed by atoms with Gasteiger partial charge in [-0.1, -0.05) is 37.6 Å².